The molecule has 0 radical (unpaired) electrons. The van der Waals surface area contributed by atoms with Gasteiger partial charge in [-0.3, -0.25) is 9.48 Å². The van der Waals surface area contributed by atoms with Crippen molar-refractivity contribution in [1.82, 2.24) is 14.5 Å². The summed E-state index contributed by atoms with van der Waals surface area (Å²) in [5.74, 6) is -0.613. The van der Waals surface area contributed by atoms with Crippen LogP contribution in [0.25, 0.3) is 0 Å². The van der Waals surface area contributed by atoms with Crippen LogP contribution in [0.3, 0.4) is 0 Å². The maximum absolute atomic E-state index is 11.8. The van der Waals surface area contributed by atoms with Crippen LogP contribution in [0.4, 0.5) is 0 Å². The minimum Gasteiger partial charge on any atom is -0.465 e. The molecule has 0 fully saturated rings. The molecule has 1 heterocycles. The molecule has 0 aromatic carbocycles. The van der Waals surface area contributed by atoms with E-state index in [-0.39, 0.29) is 18.0 Å². The van der Waals surface area contributed by atoms with E-state index in [0.717, 1.165) is 0 Å². The molecule has 0 atom stereocenters. The summed E-state index contributed by atoms with van der Waals surface area (Å²) in [7, 11) is -2.08. The fourth-order valence-electron chi connectivity index (χ4n) is 1.19. The number of aromatic nitrogens is 2. The molecule has 1 N–H and O–H groups in total. The lowest BCUT2D eigenvalue weighted by atomic mass is 10.5. The summed E-state index contributed by atoms with van der Waals surface area (Å²) in [6, 6.07) is 0. The molecule has 7 nitrogen and oxygen atoms in total. The molecule has 1 aromatic heterocycles. The van der Waals surface area contributed by atoms with Crippen LogP contribution in [-0.2, 0) is 26.6 Å². The minimum atomic E-state index is -3.72. The van der Waals surface area contributed by atoms with Gasteiger partial charge in [0.15, 0.2) is 0 Å². The summed E-state index contributed by atoms with van der Waals surface area (Å²) >= 11 is 0. The van der Waals surface area contributed by atoms with Crippen molar-refractivity contribution in [3.8, 4) is 0 Å². The van der Waals surface area contributed by atoms with Gasteiger partial charge < -0.3 is 4.74 Å². The summed E-state index contributed by atoms with van der Waals surface area (Å²) in [6.45, 7) is 3.11. The van der Waals surface area contributed by atoms with E-state index < -0.39 is 16.0 Å². The number of hydrogen-bond acceptors (Lipinski definition) is 5. The number of carbonyl (C=O) groups excluding carboxylic acids is 1. The third-order valence-corrected chi connectivity index (χ3v) is 3.70. The van der Waals surface area contributed by atoms with Crippen molar-refractivity contribution < 1.29 is 17.9 Å². The summed E-state index contributed by atoms with van der Waals surface area (Å²) in [5.41, 5.74) is 0.501. The molecule has 1 rings (SSSR count). The molecule has 0 aliphatic carbocycles. The summed E-state index contributed by atoms with van der Waals surface area (Å²) in [6.07, 6.45) is 1.24. The zero-order chi connectivity index (χ0) is 13.1. The number of ether oxygens (including phenoxy) is 1. The van der Waals surface area contributed by atoms with E-state index >= 15 is 0 Å². The van der Waals surface area contributed by atoms with E-state index in [2.05, 4.69) is 14.6 Å². The first-order chi connectivity index (χ1) is 7.88. The van der Waals surface area contributed by atoms with Crippen molar-refractivity contribution in [2.45, 2.75) is 18.7 Å². The zero-order valence-corrected chi connectivity index (χ0v) is 10.7. The first-order valence-electron chi connectivity index (χ1n) is 5.02. The molecule has 0 amide bonds. The molecular weight excluding hydrogens is 246 g/mol. The molecule has 0 spiro atoms. The van der Waals surface area contributed by atoms with Gasteiger partial charge in [-0.2, -0.15) is 9.82 Å². The van der Waals surface area contributed by atoms with E-state index in [0.29, 0.717) is 5.69 Å². The van der Waals surface area contributed by atoms with Gasteiger partial charge in [0.2, 0.25) is 10.0 Å². The highest BCUT2D eigenvalue weighted by Gasteiger charge is 2.20. The zero-order valence-electron chi connectivity index (χ0n) is 9.93. The number of rotatable bonds is 5. The van der Waals surface area contributed by atoms with E-state index in [9.17, 15) is 13.2 Å². The van der Waals surface area contributed by atoms with E-state index in [1.165, 1.54) is 10.9 Å². The highest BCUT2D eigenvalue weighted by Crippen LogP contribution is 2.12. The SMILES string of the molecule is CCOC(=O)CNS(=O)(=O)c1cnn(C)c1C. The smallest absolute Gasteiger partial charge is 0.321 e. The monoisotopic (exact) mass is 261 g/mol. The lowest BCUT2D eigenvalue weighted by molar-refractivity contribution is -0.141. The molecule has 0 saturated carbocycles. The predicted molar refractivity (Wildman–Crippen MR) is 59.8 cm³/mol. The second-order valence-corrected chi connectivity index (χ2v) is 5.08. The number of carbonyl (C=O) groups is 1. The van der Waals surface area contributed by atoms with Gasteiger partial charge in [0.1, 0.15) is 11.4 Å². The number of hydrogen-bond donors (Lipinski definition) is 1. The van der Waals surface area contributed by atoms with Crippen molar-refractivity contribution in [3.63, 3.8) is 0 Å². The van der Waals surface area contributed by atoms with Gasteiger partial charge in [-0.25, -0.2) is 8.42 Å². The Hall–Kier alpha value is -1.41. The maximum Gasteiger partial charge on any atom is 0.321 e. The number of esters is 1. The van der Waals surface area contributed by atoms with Crippen molar-refractivity contribution >= 4 is 16.0 Å². The molecule has 96 valence electrons. The summed E-state index contributed by atoms with van der Waals surface area (Å²) in [5, 5.41) is 3.83. The molecule has 1 aromatic rings. The first kappa shape index (κ1) is 13.7. The van der Waals surface area contributed by atoms with Crippen LogP contribution < -0.4 is 4.72 Å². The van der Waals surface area contributed by atoms with Crippen molar-refractivity contribution in [3.05, 3.63) is 11.9 Å². The van der Waals surface area contributed by atoms with Crippen LogP contribution in [0.5, 0.6) is 0 Å². The average molecular weight is 261 g/mol. The number of nitrogens with one attached hydrogen (secondary N) is 1. The van der Waals surface area contributed by atoms with Crippen molar-refractivity contribution in [2.75, 3.05) is 13.2 Å². The van der Waals surface area contributed by atoms with E-state index in [1.807, 2.05) is 0 Å². The Balaban J connectivity index is 2.76. The van der Waals surface area contributed by atoms with Crippen LogP contribution in [0.2, 0.25) is 0 Å². The Bertz CT molecular complexity index is 506. The number of sulfonamides is 1. The summed E-state index contributed by atoms with van der Waals surface area (Å²) in [4.78, 5) is 11.1. The first-order valence-corrected chi connectivity index (χ1v) is 6.50. The second kappa shape index (κ2) is 5.28. The third-order valence-electron chi connectivity index (χ3n) is 2.19. The lowest BCUT2D eigenvalue weighted by Gasteiger charge is -2.05. The number of aryl methyl sites for hydroxylation is 1. The topological polar surface area (TPSA) is 90.3 Å². The maximum atomic E-state index is 11.8. The average Bonchev–Trinajstić information content (AvgIpc) is 2.58. The highest BCUT2D eigenvalue weighted by atomic mass is 32.2. The minimum absolute atomic E-state index is 0.0595. The molecule has 8 heteroatoms. The second-order valence-electron chi connectivity index (χ2n) is 3.35. The quantitative estimate of drug-likeness (QED) is 0.726. The fraction of sp³-hybridized carbons (Fsp3) is 0.556. The molecule has 0 aliphatic rings. The number of nitrogens with zero attached hydrogens (tertiary/aromatic N) is 2. The van der Waals surface area contributed by atoms with Crippen molar-refractivity contribution in [2.24, 2.45) is 7.05 Å². The fourth-order valence-corrected chi connectivity index (χ4v) is 2.36. The molecule has 0 saturated heterocycles. The van der Waals surface area contributed by atoms with E-state index in [1.54, 1.807) is 20.9 Å². The van der Waals surface area contributed by atoms with Gasteiger partial charge in [-0.15, -0.1) is 0 Å². The Morgan fingerprint density at radius 1 is 1.59 bits per heavy atom. The standard InChI is InChI=1S/C9H15N3O4S/c1-4-16-9(13)6-11-17(14,15)8-5-10-12(3)7(8)2/h5,11H,4,6H2,1-3H3. The Kier molecular flexibility index (Phi) is 4.24. The molecule has 0 bridgehead atoms. The molecule has 17 heavy (non-hydrogen) atoms. The van der Waals surface area contributed by atoms with Crippen LogP contribution in [0, 0.1) is 6.92 Å². The van der Waals surface area contributed by atoms with Gasteiger partial charge in [0.25, 0.3) is 0 Å². The van der Waals surface area contributed by atoms with Crippen LogP contribution in [-0.4, -0.2) is 37.3 Å². The van der Waals surface area contributed by atoms with Crippen LogP contribution >= 0.6 is 0 Å². The Labute approximate surface area is 99.8 Å². The van der Waals surface area contributed by atoms with Crippen LogP contribution in [0.1, 0.15) is 12.6 Å². The van der Waals surface area contributed by atoms with Gasteiger partial charge in [-0.05, 0) is 13.8 Å². The van der Waals surface area contributed by atoms with Gasteiger partial charge in [0.05, 0.1) is 18.5 Å². The Morgan fingerprint density at radius 3 is 2.71 bits per heavy atom. The lowest BCUT2D eigenvalue weighted by Crippen LogP contribution is -2.31. The van der Waals surface area contributed by atoms with Crippen LogP contribution in [0.15, 0.2) is 11.1 Å². The molecular formula is C9H15N3O4S. The Morgan fingerprint density at radius 2 is 2.24 bits per heavy atom. The van der Waals surface area contributed by atoms with E-state index in [4.69, 9.17) is 0 Å². The highest BCUT2D eigenvalue weighted by molar-refractivity contribution is 7.89. The normalized spacial score (nSPS) is 11.5. The predicted octanol–water partition coefficient (Wildman–Crippen LogP) is -0.430. The third kappa shape index (κ3) is 3.27. The van der Waals surface area contributed by atoms with Gasteiger partial charge in [-0.1, -0.05) is 0 Å². The van der Waals surface area contributed by atoms with Gasteiger partial charge >= 0.3 is 5.97 Å². The summed E-state index contributed by atoms with van der Waals surface area (Å²) < 4.78 is 31.8. The van der Waals surface area contributed by atoms with Crippen molar-refractivity contribution in [1.29, 1.82) is 0 Å². The largest absolute Gasteiger partial charge is 0.465 e. The molecule has 0 aliphatic heterocycles. The van der Waals surface area contributed by atoms with Gasteiger partial charge in [0, 0.05) is 7.05 Å². The molecule has 0 unspecified atom stereocenters.